The summed E-state index contributed by atoms with van der Waals surface area (Å²) in [4.78, 5) is 20.2. The number of hydrogen-bond donors (Lipinski definition) is 1. The SMILES string of the molecule is CCOO.O=C([O-])[O-].O=C([O-])[O-]. The molecule has 0 fully saturated rings. The fourth-order valence-electron chi connectivity index (χ4n) is 0. The molecule has 0 unspecified atom stereocenters. The molecule has 0 bridgehead atoms. The lowest BCUT2D eigenvalue weighted by Gasteiger charge is -1.96. The third kappa shape index (κ3) is 1610. The van der Waals surface area contributed by atoms with Gasteiger partial charge in [-0.3, -0.25) is 5.26 Å². The summed E-state index contributed by atoms with van der Waals surface area (Å²) in [7, 11) is 0. The molecule has 0 aliphatic heterocycles. The molecule has 0 aliphatic rings. The summed E-state index contributed by atoms with van der Waals surface area (Å²) >= 11 is 0. The molecule has 1 N–H and O–H groups in total. The first kappa shape index (κ1) is 16.8. The maximum Gasteiger partial charge on any atom is 0.0791 e. The van der Waals surface area contributed by atoms with Gasteiger partial charge in [-0.2, -0.15) is 0 Å². The van der Waals surface area contributed by atoms with Gasteiger partial charge in [0.1, 0.15) is 0 Å². The molecular formula is C4H6O8-4. The second-order valence-electron chi connectivity index (χ2n) is 0.918. The number of carbonyl (C=O) groups is 2. The zero-order chi connectivity index (χ0) is 10.6. The van der Waals surface area contributed by atoms with Crippen LogP contribution in [0.5, 0.6) is 0 Å². The summed E-state index contributed by atoms with van der Waals surface area (Å²) in [6.07, 6.45) is -4.67. The molecule has 74 valence electrons. The van der Waals surface area contributed by atoms with Crippen molar-refractivity contribution in [1.29, 1.82) is 0 Å². The Labute approximate surface area is 67.2 Å². The largest absolute Gasteiger partial charge is 0.652 e. The van der Waals surface area contributed by atoms with Gasteiger partial charge in [-0.1, -0.05) is 0 Å². The van der Waals surface area contributed by atoms with Gasteiger partial charge >= 0.3 is 0 Å². The predicted molar refractivity (Wildman–Crippen MR) is 25.0 cm³/mol. The van der Waals surface area contributed by atoms with Crippen LogP contribution in [-0.4, -0.2) is 24.2 Å². The molecule has 0 aliphatic carbocycles. The maximum atomic E-state index is 8.33. The number of hydrogen-bond acceptors (Lipinski definition) is 8. The van der Waals surface area contributed by atoms with E-state index < -0.39 is 12.3 Å². The van der Waals surface area contributed by atoms with Crippen LogP contribution in [0.2, 0.25) is 0 Å². The molecule has 0 heterocycles. The summed E-state index contributed by atoms with van der Waals surface area (Å²) in [6.45, 7) is 2.08. The van der Waals surface area contributed by atoms with Crippen molar-refractivity contribution in [3.63, 3.8) is 0 Å². The third-order valence-corrected chi connectivity index (χ3v) is 0.129. The molecule has 0 aromatic rings. The Morgan fingerprint density at radius 1 is 1.17 bits per heavy atom. The molecule has 0 spiro atoms. The van der Waals surface area contributed by atoms with E-state index in [1.807, 2.05) is 0 Å². The van der Waals surface area contributed by atoms with Gasteiger partial charge in [-0.25, -0.2) is 4.89 Å². The van der Waals surface area contributed by atoms with Crippen molar-refractivity contribution < 1.29 is 40.2 Å². The first-order chi connectivity index (χ1) is 5.38. The molecule has 0 aromatic heterocycles. The smallest absolute Gasteiger partial charge is 0.0791 e. The summed E-state index contributed by atoms with van der Waals surface area (Å²) in [5, 5.41) is 40.7. The fraction of sp³-hybridized carbons (Fsp3) is 0.500. The van der Waals surface area contributed by atoms with Crippen LogP contribution in [0, 0.1) is 0 Å². The van der Waals surface area contributed by atoms with Crippen molar-refractivity contribution in [3.8, 4) is 0 Å². The molecule has 0 radical (unpaired) electrons. The minimum Gasteiger partial charge on any atom is -0.652 e. The quantitative estimate of drug-likeness (QED) is 0.314. The van der Waals surface area contributed by atoms with Gasteiger partial charge in [-0.15, -0.1) is 0 Å². The lowest BCUT2D eigenvalue weighted by atomic mass is 10.9. The summed E-state index contributed by atoms with van der Waals surface area (Å²) in [6, 6.07) is 0. The Bertz CT molecular complexity index is 87.6. The van der Waals surface area contributed by atoms with Gasteiger partial charge in [0.25, 0.3) is 0 Å². The van der Waals surface area contributed by atoms with Crippen LogP contribution in [0.4, 0.5) is 9.59 Å². The molecule has 0 saturated carbocycles. The molecule has 0 rings (SSSR count). The minimum atomic E-state index is -2.33. The van der Waals surface area contributed by atoms with Gasteiger partial charge < -0.3 is 30.0 Å². The van der Waals surface area contributed by atoms with E-state index in [-0.39, 0.29) is 0 Å². The Morgan fingerprint density at radius 3 is 1.25 bits per heavy atom. The zero-order valence-corrected chi connectivity index (χ0v) is 6.01. The molecule has 0 saturated heterocycles. The van der Waals surface area contributed by atoms with E-state index >= 15 is 0 Å². The summed E-state index contributed by atoms with van der Waals surface area (Å²) in [5.74, 6) is 0. The van der Waals surface area contributed by atoms with Gasteiger partial charge in [-0.05, 0) is 19.2 Å². The monoisotopic (exact) mass is 182 g/mol. The van der Waals surface area contributed by atoms with Crippen molar-refractivity contribution in [1.82, 2.24) is 0 Å². The van der Waals surface area contributed by atoms with Gasteiger partial charge in [0, 0.05) is 0 Å². The third-order valence-electron chi connectivity index (χ3n) is 0.129. The highest BCUT2D eigenvalue weighted by Gasteiger charge is 1.54. The molecule has 8 heteroatoms. The van der Waals surface area contributed by atoms with Crippen molar-refractivity contribution in [3.05, 3.63) is 0 Å². The van der Waals surface area contributed by atoms with Gasteiger partial charge in [0.15, 0.2) is 0 Å². The average Bonchev–Trinajstić information content (AvgIpc) is 1.85. The Balaban J connectivity index is -0.000000101. The lowest BCUT2D eigenvalue weighted by molar-refractivity contribution is -0.417. The number of rotatable bonds is 1. The zero-order valence-electron chi connectivity index (χ0n) is 6.01. The molecule has 0 aromatic carbocycles. The van der Waals surface area contributed by atoms with Crippen molar-refractivity contribution in [2.75, 3.05) is 6.61 Å². The van der Waals surface area contributed by atoms with Crippen LogP contribution >= 0.6 is 0 Å². The first-order valence-electron chi connectivity index (χ1n) is 2.40. The lowest BCUT2D eigenvalue weighted by Crippen LogP contribution is -2.37. The van der Waals surface area contributed by atoms with Crippen LogP contribution in [0.15, 0.2) is 0 Å². The van der Waals surface area contributed by atoms with Gasteiger partial charge in [0.05, 0.1) is 6.61 Å². The van der Waals surface area contributed by atoms with Crippen molar-refractivity contribution in [2.45, 2.75) is 6.92 Å². The van der Waals surface area contributed by atoms with Gasteiger partial charge in [0.2, 0.25) is 0 Å². The summed E-state index contributed by atoms with van der Waals surface area (Å²) in [5.41, 5.74) is 0. The van der Waals surface area contributed by atoms with E-state index in [0.717, 1.165) is 0 Å². The van der Waals surface area contributed by atoms with E-state index in [1.165, 1.54) is 0 Å². The fourth-order valence-corrected chi connectivity index (χ4v) is 0. The van der Waals surface area contributed by atoms with Crippen molar-refractivity contribution in [2.24, 2.45) is 0 Å². The highest BCUT2D eigenvalue weighted by Crippen LogP contribution is 1.51. The summed E-state index contributed by atoms with van der Waals surface area (Å²) < 4.78 is 0. The molecule has 0 atom stereocenters. The van der Waals surface area contributed by atoms with E-state index in [4.69, 9.17) is 35.3 Å². The minimum absolute atomic E-state index is 0.375. The number of carboxylic acid groups (broad SMARTS) is 4. The second-order valence-corrected chi connectivity index (χ2v) is 0.918. The van der Waals surface area contributed by atoms with E-state index in [2.05, 4.69) is 4.89 Å². The van der Waals surface area contributed by atoms with Crippen LogP contribution < -0.4 is 20.4 Å². The van der Waals surface area contributed by atoms with E-state index in [0.29, 0.717) is 6.61 Å². The molecule has 12 heavy (non-hydrogen) atoms. The van der Waals surface area contributed by atoms with Crippen LogP contribution in [0.3, 0.4) is 0 Å². The average molecular weight is 182 g/mol. The van der Waals surface area contributed by atoms with E-state index in [1.54, 1.807) is 6.92 Å². The second kappa shape index (κ2) is 16.2. The Hall–Kier alpha value is -1.54. The Kier molecular flexibility index (Phi) is 22.7. The molecule has 0 amide bonds. The maximum absolute atomic E-state index is 8.33. The van der Waals surface area contributed by atoms with E-state index in [9.17, 15) is 0 Å². The standard InChI is InChI=1S/C2H6O2.2CH2O3/c1-2-4-3;2*2-1(3)4/h3H,2H2,1H3;2*(H2,2,3,4)/p-4. The van der Waals surface area contributed by atoms with Crippen LogP contribution in [0.1, 0.15) is 6.92 Å². The normalized spacial score (nSPS) is 6.50. The highest BCUT2D eigenvalue weighted by molar-refractivity contribution is 5.47. The first-order valence-corrected chi connectivity index (χ1v) is 2.40. The van der Waals surface area contributed by atoms with Crippen molar-refractivity contribution >= 4 is 12.3 Å². The topological polar surface area (TPSA) is 156 Å². The molecule has 8 nitrogen and oxygen atoms in total. The van der Waals surface area contributed by atoms with Crippen LogP contribution in [0.25, 0.3) is 0 Å². The highest BCUT2D eigenvalue weighted by atomic mass is 17.1. The Morgan fingerprint density at radius 2 is 1.25 bits per heavy atom. The number of carbonyl (C=O) groups excluding carboxylic acids is 2. The van der Waals surface area contributed by atoms with Crippen LogP contribution in [-0.2, 0) is 4.89 Å². The molecular weight excluding hydrogens is 176 g/mol. The predicted octanol–water partition coefficient (Wildman–Crippen LogP) is -4.40.